The minimum absolute atomic E-state index is 0.0883. The molecule has 103 heavy (non-hydrogen) atoms. The van der Waals surface area contributed by atoms with E-state index in [2.05, 4.69) is 238 Å². The van der Waals surface area contributed by atoms with Gasteiger partial charge < -0.3 is 8.83 Å². The molecule has 0 radical (unpaired) electrons. The van der Waals surface area contributed by atoms with Crippen LogP contribution in [0.1, 0.15) is 288 Å². The third kappa shape index (κ3) is 13.2. The van der Waals surface area contributed by atoms with Gasteiger partial charge in [0.05, 0.1) is 0 Å². The van der Waals surface area contributed by atoms with Crippen molar-refractivity contribution in [3.8, 4) is 44.5 Å². The molecule has 15 rings (SSSR count). The van der Waals surface area contributed by atoms with E-state index in [1.54, 1.807) is 22.3 Å². The Labute approximate surface area is 617 Å². The van der Waals surface area contributed by atoms with Gasteiger partial charge in [0.15, 0.2) is 0 Å². The largest absolute Gasteiger partial charge is 0.456 e. The van der Waals surface area contributed by atoms with E-state index in [0.717, 1.165) is 34.3 Å². The number of furan rings is 2. The smallest absolute Gasteiger partial charge is 0.143 e. The summed E-state index contributed by atoms with van der Waals surface area (Å²) in [5.74, 6) is 0. The van der Waals surface area contributed by atoms with Crippen LogP contribution in [0.4, 0.5) is 0 Å². The van der Waals surface area contributed by atoms with Crippen molar-refractivity contribution in [1.82, 2.24) is 0 Å². The summed E-state index contributed by atoms with van der Waals surface area (Å²) >= 11 is 0. The summed E-state index contributed by atoms with van der Waals surface area (Å²) in [4.78, 5) is 0. The average Bonchev–Trinajstić information content (AvgIpc) is 1.53. The van der Waals surface area contributed by atoms with E-state index in [-0.39, 0.29) is 16.2 Å². The van der Waals surface area contributed by atoms with Crippen LogP contribution in [0.25, 0.3) is 111 Å². The third-order valence-electron chi connectivity index (χ3n) is 25.4. The fourth-order valence-corrected chi connectivity index (χ4v) is 20.0. The quantitative estimate of drug-likeness (QED) is 0.0303. The van der Waals surface area contributed by atoms with E-state index in [9.17, 15) is 0 Å². The van der Waals surface area contributed by atoms with Gasteiger partial charge in [0.2, 0.25) is 0 Å². The second-order valence-electron chi connectivity index (χ2n) is 32.8. The van der Waals surface area contributed by atoms with Crippen molar-refractivity contribution < 1.29 is 8.83 Å². The van der Waals surface area contributed by atoms with E-state index < -0.39 is 0 Å². The number of allylic oxidation sites excluding steroid dienone is 1. The number of hydrogen-bond acceptors (Lipinski definition) is 2. The van der Waals surface area contributed by atoms with Crippen LogP contribution < -0.4 is 0 Å². The first-order chi connectivity index (χ1) is 50.4. The zero-order valence-corrected chi connectivity index (χ0v) is 64.1. The Morgan fingerprint density at radius 2 is 0.864 bits per heavy atom. The highest BCUT2D eigenvalue weighted by atomic mass is 16.3. The maximum Gasteiger partial charge on any atom is 0.143 e. The van der Waals surface area contributed by atoms with E-state index in [1.807, 2.05) is 0 Å². The van der Waals surface area contributed by atoms with Crippen molar-refractivity contribution in [2.24, 2.45) is 0 Å². The van der Waals surface area contributed by atoms with Gasteiger partial charge in [-0.1, -0.05) is 329 Å². The van der Waals surface area contributed by atoms with Crippen LogP contribution in [0.5, 0.6) is 0 Å². The minimum atomic E-state index is -0.281. The van der Waals surface area contributed by atoms with Gasteiger partial charge in [0.25, 0.3) is 0 Å². The van der Waals surface area contributed by atoms with Crippen LogP contribution in [0.2, 0.25) is 0 Å². The number of unbranched alkanes of at least 4 members (excludes halogenated alkanes) is 20. The fourth-order valence-electron chi connectivity index (χ4n) is 20.0. The van der Waals surface area contributed by atoms with E-state index in [4.69, 9.17) is 8.83 Å². The van der Waals surface area contributed by atoms with Crippen LogP contribution in [-0.2, 0) is 22.7 Å². The summed E-state index contributed by atoms with van der Waals surface area (Å²) in [7, 11) is 0. The Morgan fingerprint density at radius 3 is 1.50 bits per heavy atom. The zero-order chi connectivity index (χ0) is 70.8. The van der Waals surface area contributed by atoms with Crippen LogP contribution >= 0.6 is 0 Å². The molecule has 0 N–H and O–H groups in total. The molecule has 0 bridgehead atoms. The molecule has 0 aliphatic heterocycles. The second-order valence-corrected chi connectivity index (χ2v) is 32.8. The van der Waals surface area contributed by atoms with Crippen LogP contribution in [-0.4, -0.2) is 0 Å². The zero-order valence-electron chi connectivity index (χ0n) is 64.1. The topological polar surface area (TPSA) is 26.3 Å². The van der Waals surface area contributed by atoms with Gasteiger partial charge in [-0.15, -0.1) is 0 Å². The molecule has 0 spiro atoms. The molecule has 0 atom stereocenters. The lowest BCUT2D eigenvalue weighted by Crippen LogP contribution is -2.27. The standard InChI is InChI=1S/C101H114O2/c1-10-14-18-22-26-36-54-100(55-37-27-23-19-15-11-2)85-52-53-93-96(79-42-32-34-44-91(79)102-93)95(85)84-67-88-83(66-89(84)100)77-51-49-74(64-87(77)101(88,56-38-28-24-20-16-12-3)57-39-29-25-21-17-13-4)76(63-81-69(6)58-68(5)59-70(81)7)60-71-46-50-78-86(61-71)99(8,9)90-65-82(75-48-47-72-40-30-31-41-73(72)62-75)98-97(94(78)90)80-43-33-35-45-92(80)103-98/h30-35,40-53,58-59,61-67H,10-29,36-39,54-57,60H2,1-9H3/b76-63-. The molecule has 2 heteroatoms. The number of rotatable bonds is 33. The van der Waals surface area contributed by atoms with Crippen molar-refractivity contribution in [3.63, 3.8) is 0 Å². The van der Waals surface area contributed by atoms with Crippen molar-refractivity contribution in [1.29, 1.82) is 0 Å². The highest BCUT2D eigenvalue weighted by molar-refractivity contribution is 6.19. The van der Waals surface area contributed by atoms with Gasteiger partial charge in [-0.05, 0) is 218 Å². The molecule has 2 heterocycles. The number of fused-ring (bicyclic) bond motifs is 18. The highest BCUT2D eigenvalue weighted by Crippen LogP contribution is 2.63. The Balaban J connectivity index is 0.905. The highest BCUT2D eigenvalue weighted by Gasteiger charge is 2.49. The lowest BCUT2D eigenvalue weighted by molar-refractivity contribution is 0.394. The SMILES string of the molecule is CCCCCCCCC1(CCCCCCCC)c2cc(/C(=C\c3c(C)cc(C)cc3C)Cc3ccc4c(c3)C(C)(C)c3cc(-c5ccc6ccccc6c5)c5oc6ccccc6c5c3-4)ccc2-c2cc3c(cc21)-c1c(ccc2oc4ccccc4c12)C3(CCCCCCCC)CCCCCCCC. The van der Waals surface area contributed by atoms with E-state index >= 15 is 0 Å². The van der Waals surface area contributed by atoms with Gasteiger partial charge in [-0.25, -0.2) is 0 Å². The Kier molecular flexibility index (Phi) is 20.9. The van der Waals surface area contributed by atoms with Gasteiger partial charge >= 0.3 is 0 Å². The lowest BCUT2D eigenvalue weighted by Gasteiger charge is -2.35. The molecule has 3 aliphatic carbocycles. The van der Waals surface area contributed by atoms with E-state index in [1.165, 1.54) is 301 Å². The molecule has 530 valence electrons. The average molecular weight is 1360 g/mol. The molecular weight excluding hydrogens is 1250 g/mol. The van der Waals surface area contributed by atoms with Gasteiger partial charge in [0.1, 0.15) is 22.3 Å². The summed E-state index contributed by atoms with van der Waals surface area (Å²) < 4.78 is 14.0. The van der Waals surface area contributed by atoms with Gasteiger partial charge in [0, 0.05) is 43.4 Å². The number of aryl methyl sites for hydroxylation is 3. The van der Waals surface area contributed by atoms with Crippen molar-refractivity contribution in [2.45, 2.75) is 265 Å². The normalized spacial score (nSPS) is 14.5. The van der Waals surface area contributed by atoms with Gasteiger partial charge in [-0.2, -0.15) is 0 Å². The van der Waals surface area contributed by atoms with Crippen molar-refractivity contribution in [3.05, 3.63) is 237 Å². The van der Waals surface area contributed by atoms with Crippen molar-refractivity contribution in [2.75, 3.05) is 0 Å². The minimum Gasteiger partial charge on any atom is -0.456 e. The predicted octanol–water partition coefficient (Wildman–Crippen LogP) is 30.9. The van der Waals surface area contributed by atoms with Crippen molar-refractivity contribution >= 4 is 66.3 Å². The summed E-state index contributed by atoms with van der Waals surface area (Å²) in [5, 5.41) is 7.50. The molecule has 0 unspecified atom stereocenters. The first kappa shape index (κ1) is 70.5. The summed E-state index contributed by atoms with van der Waals surface area (Å²) in [6, 6.07) is 66.9. The number of para-hydroxylation sites is 2. The van der Waals surface area contributed by atoms with Crippen LogP contribution in [0.15, 0.2) is 179 Å². The molecule has 2 nitrogen and oxygen atoms in total. The third-order valence-corrected chi connectivity index (χ3v) is 25.4. The molecule has 0 saturated carbocycles. The Morgan fingerprint density at radius 1 is 0.359 bits per heavy atom. The summed E-state index contributed by atoms with van der Waals surface area (Å²) in [6.45, 7) is 21.3. The van der Waals surface area contributed by atoms with Gasteiger partial charge in [-0.3, -0.25) is 0 Å². The van der Waals surface area contributed by atoms with E-state index in [0.29, 0.717) is 0 Å². The molecule has 3 aliphatic rings. The second kappa shape index (κ2) is 30.5. The van der Waals surface area contributed by atoms with Crippen LogP contribution in [0, 0.1) is 20.8 Å². The molecule has 0 amide bonds. The maximum atomic E-state index is 7.03. The Bertz CT molecular complexity index is 5050. The molecule has 10 aromatic carbocycles. The molecule has 0 saturated heterocycles. The monoisotopic (exact) mass is 1360 g/mol. The molecule has 12 aromatic rings. The predicted molar refractivity (Wildman–Crippen MR) is 445 cm³/mol. The molecule has 0 fully saturated rings. The maximum absolute atomic E-state index is 7.03. The summed E-state index contributed by atoms with van der Waals surface area (Å²) in [6.07, 6.45) is 39.3. The first-order valence-electron chi connectivity index (χ1n) is 41.1. The number of hydrogen-bond donors (Lipinski definition) is 0. The lowest BCUT2D eigenvalue weighted by atomic mass is 9.68. The first-order valence-corrected chi connectivity index (χ1v) is 41.1. The molecular formula is C101H114O2. The van der Waals surface area contributed by atoms with Crippen LogP contribution in [0.3, 0.4) is 0 Å². The Hall–Kier alpha value is -8.20. The molecule has 2 aromatic heterocycles. The fraction of sp³-hybridized carbons (Fsp3) is 0.406. The summed E-state index contributed by atoms with van der Waals surface area (Å²) in [5.41, 5.74) is 33.0. The number of benzene rings is 10.